The van der Waals surface area contributed by atoms with E-state index in [1.165, 1.54) is 28.6 Å². The zero-order valence-corrected chi connectivity index (χ0v) is 17.5. The van der Waals surface area contributed by atoms with E-state index in [9.17, 15) is 31.5 Å². The number of carbonyl (C=O) groups is 1. The van der Waals surface area contributed by atoms with Crippen LogP contribution in [-0.2, 0) is 14.8 Å². The molecule has 1 amide bonds. The van der Waals surface area contributed by atoms with Crippen LogP contribution in [0.4, 0.5) is 23.7 Å². The molecule has 2 N–H and O–H groups in total. The number of benzene rings is 2. The third-order valence-electron chi connectivity index (χ3n) is 4.95. The molecule has 2 aromatic rings. The normalized spacial score (nSPS) is 16.9. The Labute approximate surface area is 182 Å². The second-order valence-electron chi connectivity index (χ2n) is 7.14. The topological polar surface area (TPSA) is 105 Å². The molecule has 3 rings (SSSR count). The molecule has 1 aliphatic rings. The molecule has 12 heteroatoms. The summed E-state index contributed by atoms with van der Waals surface area (Å²) in [5.41, 5.74) is -1.13. The van der Waals surface area contributed by atoms with Crippen LogP contribution < -0.4 is 10.1 Å². The van der Waals surface area contributed by atoms with Crippen LogP contribution in [0.15, 0.2) is 59.5 Å². The van der Waals surface area contributed by atoms with Gasteiger partial charge >= 0.3 is 12.5 Å². The SMILES string of the molecule is O=C(Nc1ccc(OC(F)(F)F)cc1)OC1(CO)CCN(S(=O)(=O)c2ccccc2)CC1. The molecular formula is C20H21F3N2O6S. The van der Waals surface area contributed by atoms with Gasteiger partial charge in [0.15, 0.2) is 0 Å². The minimum atomic E-state index is -4.83. The molecule has 2 aromatic carbocycles. The molecule has 0 bridgehead atoms. The predicted octanol–water partition coefficient (Wildman–Crippen LogP) is 3.35. The Kier molecular flexibility index (Phi) is 6.96. The van der Waals surface area contributed by atoms with Gasteiger partial charge in [-0.05, 0) is 36.4 Å². The lowest BCUT2D eigenvalue weighted by Gasteiger charge is -2.39. The maximum atomic E-state index is 12.7. The first kappa shape index (κ1) is 23.8. The van der Waals surface area contributed by atoms with E-state index in [0.717, 1.165) is 12.1 Å². The summed E-state index contributed by atoms with van der Waals surface area (Å²) in [7, 11) is -3.71. The number of aliphatic hydroxyl groups excluding tert-OH is 1. The van der Waals surface area contributed by atoms with E-state index in [1.54, 1.807) is 18.2 Å². The average Bonchev–Trinajstić information content (AvgIpc) is 2.75. The number of sulfonamides is 1. The van der Waals surface area contributed by atoms with Gasteiger partial charge in [0.2, 0.25) is 10.0 Å². The van der Waals surface area contributed by atoms with E-state index in [4.69, 9.17) is 4.74 Å². The van der Waals surface area contributed by atoms with Crippen LogP contribution in [0, 0.1) is 0 Å². The smallest absolute Gasteiger partial charge is 0.440 e. The molecule has 174 valence electrons. The lowest BCUT2D eigenvalue weighted by Crippen LogP contribution is -2.51. The number of alkyl halides is 3. The Morgan fingerprint density at radius 3 is 2.19 bits per heavy atom. The number of anilines is 1. The maximum absolute atomic E-state index is 12.7. The van der Waals surface area contributed by atoms with Crippen LogP contribution in [0.1, 0.15) is 12.8 Å². The van der Waals surface area contributed by atoms with Crippen LogP contribution in [0.5, 0.6) is 5.75 Å². The zero-order chi connectivity index (χ0) is 23.4. The van der Waals surface area contributed by atoms with Crippen molar-refractivity contribution in [1.29, 1.82) is 0 Å². The Bertz CT molecular complexity index is 1020. The molecule has 0 aromatic heterocycles. The quantitative estimate of drug-likeness (QED) is 0.665. The summed E-state index contributed by atoms with van der Waals surface area (Å²) in [5.74, 6) is -0.449. The van der Waals surface area contributed by atoms with Crippen LogP contribution in [0.25, 0.3) is 0 Å². The summed E-state index contributed by atoms with van der Waals surface area (Å²) in [6, 6.07) is 12.3. The molecule has 0 saturated carbocycles. The van der Waals surface area contributed by atoms with Gasteiger partial charge < -0.3 is 14.6 Å². The number of nitrogens with one attached hydrogen (secondary N) is 1. The molecule has 1 heterocycles. The van der Waals surface area contributed by atoms with Crippen LogP contribution >= 0.6 is 0 Å². The van der Waals surface area contributed by atoms with E-state index in [2.05, 4.69) is 10.1 Å². The monoisotopic (exact) mass is 474 g/mol. The number of ether oxygens (including phenoxy) is 2. The van der Waals surface area contributed by atoms with Crippen LogP contribution in [0.2, 0.25) is 0 Å². The lowest BCUT2D eigenvalue weighted by molar-refractivity contribution is -0.274. The third kappa shape index (κ3) is 5.90. The lowest BCUT2D eigenvalue weighted by atomic mass is 9.93. The van der Waals surface area contributed by atoms with Crippen LogP contribution in [-0.4, -0.2) is 55.6 Å². The summed E-state index contributed by atoms with van der Waals surface area (Å²) in [4.78, 5) is 12.4. The standard InChI is InChI=1S/C20H21F3N2O6S/c21-20(22,23)30-16-8-6-15(7-9-16)24-18(27)31-19(14-26)10-12-25(13-11-19)32(28,29)17-4-2-1-3-5-17/h1-9,26H,10-14H2,(H,24,27). The molecule has 0 radical (unpaired) electrons. The second-order valence-corrected chi connectivity index (χ2v) is 9.08. The predicted molar refractivity (Wildman–Crippen MR) is 107 cm³/mol. The molecular weight excluding hydrogens is 453 g/mol. The second kappa shape index (κ2) is 9.35. The molecule has 0 aliphatic carbocycles. The van der Waals surface area contributed by atoms with Gasteiger partial charge in [0.1, 0.15) is 11.4 Å². The highest BCUT2D eigenvalue weighted by Crippen LogP contribution is 2.30. The maximum Gasteiger partial charge on any atom is 0.573 e. The van der Waals surface area contributed by atoms with Gasteiger partial charge in [-0.25, -0.2) is 13.2 Å². The molecule has 0 unspecified atom stereocenters. The van der Waals surface area contributed by atoms with E-state index in [1.807, 2.05) is 0 Å². The van der Waals surface area contributed by atoms with Gasteiger partial charge in [0, 0.05) is 31.6 Å². The molecule has 1 aliphatic heterocycles. The van der Waals surface area contributed by atoms with Gasteiger partial charge in [-0.2, -0.15) is 4.31 Å². The van der Waals surface area contributed by atoms with Crippen molar-refractivity contribution >= 4 is 21.8 Å². The van der Waals surface area contributed by atoms with Gasteiger partial charge in [0.25, 0.3) is 0 Å². The van der Waals surface area contributed by atoms with E-state index < -0.39 is 40.4 Å². The number of aliphatic hydroxyl groups is 1. The summed E-state index contributed by atoms with van der Waals surface area (Å²) in [6.07, 6.45) is -5.62. The highest BCUT2D eigenvalue weighted by atomic mass is 32.2. The highest BCUT2D eigenvalue weighted by Gasteiger charge is 2.41. The van der Waals surface area contributed by atoms with Crippen molar-refractivity contribution in [2.24, 2.45) is 0 Å². The van der Waals surface area contributed by atoms with Gasteiger partial charge in [0.05, 0.1) is 11.5 Å². The number of hydrogen-bond donors (Lipinski definition) is 2. The molecule has 1 saturated heterocycles. The number of carbonyl (C=O) groups excluding carboxylic acids is 1. The van der Waals surface area contributed by atoms with Gasteiger partial charge in [-0.3, -0.25) is 5.32 Å². The third-order valence-corrected chi connectivity index (χ3v) is 6.86. The minimum absolute atomic E-state index is 0.0363. The number of piperidine rings is 1. The zero-order valence-electron chi connectivity index (χ0n) is 16.7. The first-order valence-corrected chi connectivity index (χ1v) is 11.0. The summed E-state index contributed by atoms with van der Waals surface area (Å²) in [6.45, 7) is -0.443. The molecule has 0 spiro atoms. The van der Waals surface area contributed by atoms with Crippen molar-refractivity contribution in [2.45, 2.75) is 29.7 Å². The summed E-state index contributed by atoms with van der Waals surface area (Å²) >= 11 is 0. The first-order valence-electron chi connectivity index (χ1n) is 9.55. The fourth-order valence-corrected chi connectivity index (χ4v) is 4.71. The van der Waals surface area contributed by atoms with E-state index >= 15 is 0 Å². The molecule has 32 heavy (non-hydrogen) atoms. The number of rotatable bonds is 6. The first-order chi connectivity index (χ1) is 15.0. The fourth-order valence-electron chi connectivity index (χ4n) is 3.25. The largest absolute Gasteiger partial charge is 0.573 e. The fraction of sp³-hybridized carbons (Fsp3) is 0.350. The van der Waals surface area contributed by atoms with Crippen molar-refractivity contribution in [3.05, 3.63) is 54.6 Å². The number of hydrogen-bond acceptors (Lipinski definition) is 6. The Balaban J connectivity index is 1.59. The van der Waals surface area contributed by atoms with Crippen molar-refractivity contribution in [3.8, 4) is 5.75 Å². The Hall–Kier alpha value is -2.83. The van der Waals surface area contributed by atoms with Crippen molar-refractivity contribution < 1.29 is 41.0 Å². The highest BCUT2D eigenvalue weighted by molar-refractivity contribution is 7.89. The summed E-state index contributed by atoms with van der Waals surface area (Å²) in [5, 5.41) is 12.2. The summed E-state index contributed by atoms with van der Waals surface area (Å²) < 4.78 is 72.5. The number of halogens is 3. The average molecular weight is 474 g/mol. The molecule has 1 fully saturated rings. The number of amides is 1. The van der Waals surface area contributed by atoms with Gasteiger partial charge in [-0.1, -0.05) is 18.2 Å². The molecule has 8 nitrogen and oxygen atoms in total. The van der Waals surface area contributed by atoms with Crippen molar-refractivity contribution in [2.75, 3.05) is 25.0 Å². The van der Waals surface area contributed by atoms with E-state index in [0.29, 0.717) is 0 Å². The number of nitrogens with zero attached hydrogens (tertiary/aromatic N) is 1. The Morgan fingerprint density at radius 2 is 1.66 bits per heavy atom. The van der Waals surface area contributed by atoms with Crippen LogP contribution in [0.3, 0.4) is 0 Å². The Morgan fingerprint density at radius 1 is 1.06 bits per heavy atom. The van der Waals surface area contributed by atoms with Gasteiger partial charge in [-0.15, -0.1) is 13.2 Å². The van der Waals surface area contributed by atoms with Crippen molar-refractivity contribution in [3.63, 3.8) is 0 Å². The van der Waals surface area contributed by atoms with Crippen molar-refractivity contribution in [1.82, 2.24) is 4.31 Å². The van der Waals surface area contributed by atoms with E-state index in [-0.39, 0.29) is 36.5 Å². The molecule has 0 atom stereocenters. The minimum Gasteiger partial charge on any atom is -0.440 e.